The highest BCUT2D eigenvalue weighted by molar-refractivity contribution is 6.16. The molecule has 16 heavy (non-hydrogen) atoms. The second-order valence-electron chi connectivity index (χ2n) is 2.10. The predicted octanol–water partition coefficient (Wildman–Crippen LogP) is -2.40. The van der Waals surface area contributed by atoms with E-state index in [0.29, 0.717) is 0 Å². The van der Waals surface area contributed by atoms with Crippen molar-refractivity contribution in [3.8, 4) is 0 Å². The van der Waals surface area contributed by atoms with Crippen molar-refractivity contribution in [3.63, 3.8) is 0 Å². The molecule has 0 spiro atoms. The average molecular weight is 230 g/mol. The Morgan fingerprint density at radius 1 is 1.00 bits per heavy atom. The average Bonchev–Trinajstić information content (AvgIpc) is 2.09. The first kappa shape index (κ1) is 15.8. The number of nitrogens with zero attached hydrogens (tertiary/aromatic N) is 4. The molecule has 0 fully saturated rings. The number of hydrogen-bond acceptors (Lipinski definition) is 5. The minimum absolute atomic E-state index is 0.138. The first-order valence-corrected chi connectivity index (χ1v) is 3.78. The molecule has 0 aromatic rings. The fourth-order valence-electron chi connectivity index (χ4n) is 0.260. The number of carboxylic acids is 1. The van der Waals surface area contributed by atoms with E-state index in [1.807, 2.05) is 0 Å². The number of nitrogens with two attached hydrogens (primary N) is 4. The van der Waals surface area contributed by atoms with Crippen molar-refractivity contribution in [2.75, 3.05) is 0 Å². The van der Waals surface area contributed by atoms with Crippen LogP contribution in [0.1, 0.15) is 6.92 Å². The van der Waals surface area contributed by atoms with E-state index >= 15 is 0 Å². The summed E-state index contributed by atoms with van der Waals surface area (Å²) in [5, 5.41) is 20.7. The molecule has 0 heterocycles. The van der Waals surface area contributed by atoms with Gasteiger partial charge in [-0.05, 0) is 0 Å². The minimum Gasteiger partial charge on any atom is -0.481 e. The fourth-order valence-corrected chi connectivity index (χ4v) is 0.260. The normalized spacial score (nSPS) is 9.31. The Kier molecular flexibility index (Phi) is 10.3. The summed E-state index contributed by atoms with van der Waals surface area (Å²) in [6.45, 7) is 1.08. The SMILES string of the molecule is CC(=O)O.NC(N)=N/N=C/C=N/N=C(N)N. The first-order valence-electron chi connectivity index (χ1n) is 3.78. The van der Waals surface area contributed by atoms with E-state index in [2.05, 4.69) is 20.4 Å². The smallest absolute Gasteiger partial charge is 0.300 e. The van der Waals surface area contributed by atoms with Crippen LogP contribution in [0.5, 0.6) is 0 Å². The van der Waals surface area contributed by atoms with E-state index in [1.165, 1.54) is 12.4 Å². The molecule has 0 aromatic heterocycles. The summed E-state index contributed by atoms with van der Waals surface area (Å²) in [5.74, 6) is -1.11. The number of carbonyl (C=O) groups is 1. The molecule has 0 saturated carbocycles. The maximum atomic E-state index is 9.00. The van der Waals surface area contributed by atoms with Crippen molar-refractivity contribution < 1.29 is 9.90 Å². The minimum atomic E-state index is -0.833. The van der Waals surface area contributed by atoms with E-state index in [9.17, 15) is 0 Å². The highest BCUT2D eigenvalue weighted by Gasteiger charge is 1.72. The summed E-state index contributed by atoms with van der Waals surface area (Å²) >= 11 is 0. The molecule has 0 aliphatic heterocycles. The first-order chi connectivity index (χ1) is 7.36. The molecule has 0 atom stereocenters. The lowest BCUT2D eigenvalue weighted by atomic mass is 10.8. The van der Waals surface area contributed by atoms with Gasteiger partial charge < -0.3 is 28.0 Å². The van der Waals surface area contributed by atoms with Crippen LogP contribution in [0, 0.1) is 0 Å². The van der Waals surface area contributed by atoms with Crippen LogP contribution < -0.4 is 22.9 Å². The number of guanidine groups is 2. The van der Waals surface area contributed by atoms with Gasteiger partial charge in [-0.1, -0.05) is 0 Å². The van der Waals surface area contributed by atoms with E-state index in [1.54, 1.807) is 0 Å². The van der Waals surface area contributed by atoms with Gasteiger partial charge in [-0.3, -0.25) is 4.79 Å². The highest BCUT2D eigenvalue weighted by atomic mass is 16.4. The molecule has 0 saturated heterocycles. The Balaban J connectivity index is 0. The zero-order valence-corrected chi connectivity index (χ0v) is 8.61. The standard InChI is InChI=1S/C4H10N8.C2H4O2/c5-3(6)11-9-1-2-10-12-4(7)8;1-2(3)4/h1-2H,(H4,5,6,11)(H4,7,8,12);1H3,(H,3,4)/b9-1+,10-2+;. The van der Waals surface area contributed by atoms with Crippen LogP contribution in [0.25, 0.3) is 0 Å². The molecule has 0 radical (unpaired) electrons. The van der Waals surface area contributed by atoms with Crippen molar-refractivity contribution in [2.24, 2.45) is 43.3 Å². The number of aliphatic carboxylic acids is 1. The monoisotopic (exact) mass is 230 g/mol. The van der Waals surface area contributed by atoms with Crippen LogP contribution in [-0.4, -0.2) is 35.4 Å². The topological polar surface area (TPSA) is 191 Å². The summed E-state index contributed by atoms with van der Waals surface area (Å²) in [6.07, 6.45) is 2.46. The molecule has 0 aromatic carbocycles. The predicted molar refractivity (Wildman–Crippen MR) is 61.9 cm³/mol. The van der Waals surface area contributed by atoms with Gasteiger partial charge in [0.15, 0.2) is 0 Å². The van der Waals surface area contributed by atoms with Crippen molar-refractivity contribution in [1.29, 1.82) is 0 Å². The van der Waals surface area contributed by atoms with Crippen molar-refractivity contribution in [1.82, 2.24) is 0 Å². The molecule has 0 aliphatic carbocycles. The van der Waals surface area contributed by atoms with Crippen LogP contribution in [-0.2, 0) is 4.79 Å². The summed E-state index contributed by atoms with van der Waals surface area (Å²) in [5.41, 5.74) is 19.8. The van der Waals surface area contributed by atoms with Crippen LogP contribution in [0.3, 0.4) is 0 Å². The maximum Gasteiger partial charge on any atom is 0.300 e. The Morgan fingerprint density at radius 3 is 1.44 bits per heavy atom. The summed E-state index contributed by atoms with van der Waals surface area (Å²) in [4.78, 5) is 9.00. The van der Waals surface area contributed by atoms with Crippen molar-refractivity contribution in [3.05, 3.63) is 0 Å². The lowest BCUT2D eigenvalue weighted by Crippen LogP contribution is -2.22. The van der Waals surface area contributed by atoms with Gasteiger partial charge in [0.1, 0.15) is 0 Å². The molecular formula is C6H14N8O2. The third-order valence-corrected chi connectivity index (χ3v) is 0.546. The zero-order chi connectivity index (χ0) is 13.0. The lowest BCUT2D eigenvalue weighted by molar-refractivity contribution is -0.134. The van der Waals surface area contributed by atoms with E-state index in [-0.39, 0.29) is 11.9 Å². The molecule has 9 N–H and O–H groups in total. The van der Waals surface area contributed by atoms with Crippen LogP contribution in [0.4, 0.5) is 0 Å². The fraction of sp³-hybridized carbons (Fsp3) is 0.167. The van der Waals surface area contributed by atoms with E-state index in [0.717, 1.165) is 6.92 Å². The molecular weight excluding hydrogens is 216 g/mol. The van der Waals surface area contributed by atoms with E-state index in [4.69, 9.17) is 32.8 Å². The number of carboxylic acid groups (broad SMARTS) is 1. The molecule has 0 amide bonds. The van der Waals surface area contributed by atoms with Gasteiger partial charge in [0.2, 0.25) is 11.9 Å². The van der Waals surface area contributed by atoms with Gasteiger partial charge in [-0.2, -0.15) is 10.2 Å². The van der Waals surface area contributed by atoms with Crippen LogP contribution in [0.15, 0.2) is 20.4 Å². The van der Waals surface area contributed by atoms with Gasteiger partial charge in [0.25, 0.3) is 5.97 Å². The summed E-state index contributed by atoms with van der Waals surface area (Å²) in [6, 6.07) is 0. The van der Waals surface area contributed by atoms with Gasteiger partial charge in [0, 0.05) is 6.92 Å². The second kappa shape index (κ2) is 10.4. The molecule has 10 nitrogen and oxygen atoms in total. The maximum absolute atomic E-state index is 9.00. The summed E-state index contributed by atoms with van der Waals surface area (Å²) < 4.78 is 0. The van der Waals surface area contributed by atoms with Gasteiger partial charge in [-0.25, -0.2) is 0 Å². The Labute approximate surface area is 91.4 Å². The number of hydrogen-bond donors (Lipinski definition) is 5. The zero-order valence-electron chi connectivity index (χ0n) is 8.61. The van der Waals surface area contributed by atoms with Crippen molar-refractivity contribution in [2.45, 2.75) is 6.92 Å². The molecule has 90 valence electrons. The Hall–Kier alpha value is -2.65. The third kappa shape index (κ3) is 30.2. The van der Waals surface area contributed by atoms with Gasteiger partial charge in [0.05, 0.1) is 12.4 Å². The molecule has 0 aliphatic rings. The summed E-state index contributed by atoms with van der Waals surface area (Å²) in [7, 11) is 0. The lowest BCUT2D eigenvalue weighted by Gasteiger charge is -1.81. The van der Waals surface area contributed by atoms with Crippen LogP contribution >= 0.6 is 0 Å². The largest absolute Gasteiger partial charge is 0.481 e. The molecule has 0 bridgehead atoms. The Morgan fingerprint density at radius 2 is 1.25 bits per heavy atom. The Bertz CT molecular complexity index is 280. The van der Waals surface area contributed by atoms with Gasteiger partial charge >= 0.3 is 0 Å². The third-order valence-electron chi connectivity index (χ3n) is 0.546. The molecule has 10 heteroatoms. The number of rotatable bonds is 3. The van der Waals surface area contributed by atoms with Crippen LogP contribution in [0.2, 0.25) is 0 Å². The quantitative estimate of drug-likeness (QED) is 0.203. The second-order valence-corrected chi connectivity index (χ2v) is 2.10. The molecule has 0 rings (SSSR count). The van der Waals surface area contributed by atoms with Gasteiger partial charge in [-0.15, -0.1) is 10.2 Å². The van der Waals surface area contributed by atoms with Crippen molar-refractivity contribution >= 4 is 30.3 Å². The molecule has 0 unspecified atom stereocenters. The highest BCUT2D eigenvalue weighted by Crippen LogP contribution is 1.67. The van der Waals surface area contributed by atoms with E-state index < -0.39 is 5.97 Å².